The molecule has 0 spiro atoms. The fraction of sp³-hybridized carbons (Fsp3) is 0.273. The van der Waals surface area contributed by atoms with Crippen LogP contribution in [0.25, 0.3) is 11.0 Å². The second-order valence-electron chi connectivity index (χ2n) is 3.62. The van der Waals surface area contributed by atoms with Gasteiger partial charge >= 0.3 is 0 Å². The van der Waals surface area contributed by atoms with Crippen molar-refractivity contribution in [2.24, 2.45) is 0 Å². The van der Waals surface area contributed by atoms with Gasteiger partial charge in [-0.1, -0.05) is 12.1 Å². The van der Waals surface area contributed by atoms with Crippen LogP contribution in [-0.4, -0.2) is 22.5 Å². The van der Waals surface area contributed by atoms with Gasteiger partial charge in [0.1, 0.15) is 6.04 Å². The Bertz CT molecular complexity index is 532. The maximum Gasteiger partial charge on any atom is 0.242 e. The number of aromatic nitrogens is 2. The molecule has 1 heterocycles. The molecule has 1 amide bonds. The van der Waals surface area contributed by atoms with E-state index in [0.29, 0.717) is 5.95 Å². The van der Waals surface area contributed by atoms with Gasteiger partial charge < -0.3 is 11.1 Å². The van der Waals surface area contributed by atoms with Crippen LogP contribution in [0.1, 0.15) is 13.0 Å². The minimum Gasteiger partial charge on any atom is -0.369 e. The van der Waals surface area contributed by atoms with Crippen molar-refractivity contribution in [1.82, 2.24) is 14.9 Å². The smallest absolute Gasteiger partial charge is 0.242 e. The highest BCUT2D eigenvalue weighted by molar-refractivity contribution is 5.85. The van der Waals surface area contributed by atoms with Gasteiger partial charge in [-0.25, -0.2) is 4.98 Å². The first-order valence-electron chi connectivity index (χ1n) is 5.09. The molecular formula is C11H14N4O. The largest absolute Gasteiger partial charge is 0.369 e. The van der Waals surface area contributed by atoms with Crippen molar-refractivity contribution < 1.29 is 4.79 Å². The lowest BCUT2D eigenvalue weighted by molar-refractivity contribution is -0.123. The number of nitrogens with zero attached hydrogens (tertiary/aromatic N) is 2. The highest BCUT2D eigenvalue weighted by atomic mass is 16.2. The molecule has 1 aromatic carbocycles. The Balaban J connectivity index is 2.59. The zero-order valence-electron chi connectivity index (χ0n) is 9.27. The van der Waals surface area contributed by atoms with Crippen molar-refractivity contribution >= 4 is 22.9 Å². The van der Waals surface area contributed by atoms with Crippen LogP contribution in [0.4, 0.5) is 5.95 Å². The summed E-state index contributed by atoms with van der Waals surface area (Å²) in [6, 6.07) is 7.20. The lowest BCUT2D eigenvalue weighted by Gasteiger charge is -2.13. The van der Waals surface area contributed by atoms with Crippen LogP contribution in [0.5, 0.6) is 0 Å². The Morgan fingerprint density at radius 2 is 2.19 bits per heavy atom. The number of fused-ring (bicyclic) bond motifs is 1. The number of rotatable bonds is 2. The number of benzene rings is 1. The van der Waals surface area contributed by atoms with E-state index in [1.165, 1.54) is 0 Å². The molecule has 84 valence electrons. The molecular weight excluding hydrogens is 204 g/mol. The number of para-hydroxylation sites is 2. The summed E-state index contributed by atoms with van der Waals surface area (Å²) in [5, 5.41) is 2.60. The topological polar surface area (TPSA) is 72.9 Å². The number of likely N-dealkylation sites (N-methyl/N-ethyl adjacent to an activating group) is 1. The Morgan fingerprint density at radius 3 is 2.88 bits per heavy atom. The molecule has 1 atom stereocenters. The third kappa shape index (κ3) is 1.50. The van der Waals surface area contributed by atoms with Gasteiger partial charge in [-0.2, -0.15) is 0 Å². The summed E-state index contributed by atoms with van der Waals surface area (Å²) in [5.41, 5.74) is 7.49. The molecule has 5 heteroatoms. The number of nitrogen functional groups attached to an aromatic ring is 1. The maximum atomic E-state index is 11.6. The number of hydrogen-bond donors (Lipinski definition) is 2. The zero-order chi connectivity index (χ0) is 11.7. The number of imidazole rings is 1. The molecule has 0 radical (unpaired) electrons. The summed E-state index contributed by atoms with van der Waals surface area (Å²) in [7, 11) is 1.61. The molecule has 0 aliphatic rings. The molecule has 0 saturated carbocycles. The molecule has 0 aliphatic carbocycles. The van der Waals surface area contributed by atoms with E-state index in [9.17, 15) is 4.79 Å². The van der Waals surface area contributed by atoms with Gasteiger partial charge in [0.2, 0.25) is 11.9 Å². The van der Waals surface area contributed by atoms with Crippen molar-refractivity contribution in [1.29, 1.82) is 0 Å². The van der Waals surface area contributed by atoms with E-state index in [2.05, 4.69) is 10.3 Å². The fourth-order valence-electron chi connectivity index (χ4n) is 1.80. The normalized spacial score (nSPS) is 12.6. The number of hydrogen-bond acceptors (Lipinski definition) is 3. The Morgan fingerprint density at radius 1 is 1.50 bits per heavy atom. The van der Waals surface area contributed by atoms with Crippen LogP contribution in [-0.2, 0) is 4.79 Å². The molecule has 3 N–H and O–H groups in total. The second kappa shape index (κ2) is 3.84. The molecule has 2 rings (SSSR count). The molecule has 0 bridgehead atoms. The molecule has 2 aromatic rings. The van der Waals surface area contributed by atoms with Gasteiger partial charge in [0.05, 0.1) is 11.0 Å². The van der Waals surface area contributed by atoms with E-state index in [0.717, 1.165) is 11.0 Å². The van der Waals surface area contributed by atoms with Crippen LogP contribution >= 0.6 is 0 Å². The Hall–Kier alpha value is -2.04. The highest BCUT2D eigenvalue weighted by Gasteiger charge is 2.18. The van der Waals surface area contributed by atoms with E-state index in [1.54, 1.807) is 18.5 Å². The average Bonchev–Trinajstić information content (AvgIpc) is 2.63. The predicted octanol–water partition coefficient (Wildman–Crippen LogP) is 0.925. The van der Waals surface area contributed by atoms with Crippen LogP contribution < -0.4 is 11.1 Å². The van der Waals surface area contributed by atoms with Crippen molar-refractivity contribution in [2.75, 3.05) is 12.8 Å². The summed E-state index contributed by atoms with van der Waals surface area (Å²) in [5.74, 6) is 0.271. The monoisotopic (exact) mass is 218 g/mol. The molecule has 16 heavy (non-hydrogen) atoms. The average molecular weight is 218 g/mol. The predicted molar refractivity (Wildman–Crippen MR) is 62.9 cm³/mol. The van der Waals surface area contributed by atoms with E-state index in [1.807, 2.05) is 24.3 Å². The van der Waals surface area contributed by atoms with E-state index in [4.69, 9.17) is 5.73 Å². The Kier molecular flexibility index (Phi) is 2.52. The standard InChI is InChI=1S/C11H14N4O/c1-7(10(16)13-2)15-9-6-4-3-5-8(9)14-11(15)12/h3-7H,1-2H3,(H2,12,14)(H,13,16). The van der Waals surface area contributed by atoms with Gasteiger partial charge in [0, 0.05) is 7.05 Å². The zero-order valence-corrected chi connectivity index (χ0v) is 9.27. The quantitative estimate of drug-likeness (QED) is 0.787. The SMILES string of the molecule is CNC(=O)C(C)n1c(N)nc2ccccc21. The molecule has 5 nitrogen and oxygen atoms in total. The minimum absolute atomic E-state index is 0.0881. The summed E-state index contributed by atoms with van der Waals surface area (Å²) < 4.78 is 1.73. The van der Waals surface area contributed by atoms with Crippen LogP contribution in [0, 0.1) is 0 Å². The van der Waals surface area contributed by atoms with Crippen molar-refractivity contribution in [2.45, 2.75) is 13.0 Å². The van der Waals surface area contributed by atoms with E-state index < -0.39 is 0 Å². The van der Waals surface area contributed by atoms with E-state index >= 15 is 0 Å². The van der Waals surface area contributed by atoms with Crippen molar-refractivity contribution in [3.8, 4) is 0 Å². The Labute approximate surface area is 93.3 Å². The number of carbonyl (C=O) groups excluding carboxylic acids is 1. The van der Waals surface area contributed by atoms with Crippen LogP contribution in [0.3, 0.4) is 0 Å². The minimum atomic E-state index is -0.364. The maximum absolute atomic E-state index is 11.6. The lowest BCUT2D eigenvalue weighted by atomic mass is 10.2. The molecule has 1 aromatic heterocycles. The summed E-state index contributed by atoms with van der Waals surface area (Å²) in [6.45, 7) is 1.79. The van der Waals surface area contributed by atoms with Gasteiger partial charge in [-0.05, 0) is 19.1 Å². The number of anilines is 1. The summed E-state index contributed by atoms with van der Waals surface area (Å²) >= 11 is 0. The molecule has 0 fully saturated rings. The first kappa shape index (κ1) is 10.5. The number of carbonyl (C=O) groups is 1. The fourth-order valence-corrected chi connectivity index (χ4v) is 1.80. The van der Waals surface area contributed by atoms with Gasteiger partial charge in [-0.3, -0.25) is 9.36 Å². The van der Waals surface area contributed by atoms with Gasteiger partial charge in [-0.15, -0.1) is 0 Å². The third-order valence-electron chi connectivity index (χ3n) is 2.64. The summed E-state index contributed by atoms with van der Waals surface area (Å²) in [4.78, 5) is 15.8. The van der Waals surface area contributed by atoms with Gasteiger partial charge in [0.15, 0.2) is 0 Å². The lowest BCUT2D eigenvalue weighted by Crippen LogP contribution is -2.28. The number of nitrogens with one attached hydrogen (secondary N) is 1. The molecule has 0 aliphatic heterocycles. The number of nitrogens with two attached hydrogens (primary N) is 1. The first-order valence-corrected chi connectivity index (χ1v) is 5.09. The molecule has 0 saturated heterocycles. The van der Waals surface area contributed by atoms with E-state index in [-0.39, 0.29) is 11.9 Å². The third-order valence-corrected chi connectivity index (χ3v) is 2.64. The second-order valence-corrected chi connectivity index (χ2v) is 3.62. The summed E-state index contributed by atoms with van der Waals surface area (Å²) in [6.07, 6.45) is 0. The van der Waals surface area contributed by atoms with Crippen LogP contribution in [0.15, 0.2) is 24.3 Å². The number of amides is 1. The van der Waals surface area contributed by atoms with Crippen molar-refractivity contribution in [3.63, 3.8) is 0 Å². The van der Waals surface area contributed by atoms with Gasteiger partial charge in [0.25, 0.3) is 0 Å². The first-order chi connectivity index (χ1) is 7.65. The van der Waals surface area contributed by atoms with Crippen LogP contribution in [0.2, 0.25) is 0 Å². The molecule has 1 unspecified atom stereocenters. The van der Waals surface area contributed by atoms with Crippen molar-refractivity contribution in [3.05, 3.63) is 24.3 Å². The highest BCUT2D eigenvalue weighted by Crippen LogP contribution is 2.22.